The molecule has 0 saturated heterocycles. The summed E-state index contributed by atoms with van der Waals surface area (Å²) in [5.41, 5.74) is 28.2. The van der Waals surface area contributed by atoms with Crippen LogP contribution in [0.1, 0.15) is 195 Å². The Morgan fingerprint density at radius 3 is 1.05 bits per heavy atom. The molecule has 0 spiro atoms. The molecule has 5 heterocycles. The van der Waals surface area contributed by atoms with Crippen molar-refractivity contribution in [1.82, 2.24) is 8.97 Å². The molecular weight excluding hydrogens is 1560 g/mol. The Labute approximate surface area is 774 Å². The molecule has 0 N–H and O–H groups in total. The van der Waals surface area contributed by atoms with E-state index in [1.807, 2.05) is 6.07 Å². The van der Waals surface area contributed by atoms with E-state index in [1.54, 1.807) is 4.57 Å². The second-order valence-corrected chi connectivity index (χ2v) is 43.6. The van der Waals surface area contributed by atoms with Crippen molar-refractivity contribution in [2.24, 2.45) is 0 Å². The minimum Gasteiger partial charge on any atom is -0.310 e. The summed E-state index contributed by atoms with van der Waals surface area (Å²) in [5.74, 6) is 0. The maximum absolute atomic E-state index is 10.2. The van der Waals surface area contributed by atoms with Crippen LogP contribution in [0.2, 0.25) is 0 Å². The predicted octanol–water partition coefficient (Wildman–Crippen LogP) is 32.9. The van der Waals surface area contributed by atoms with E-state index in [0.717, 1.165) is 171 Å². The van der Waals surface area contributed by atoms with E-state index >= 15 is 0 Å². The molecule has 129 heavy (non-hydrogen) atoms. The van der Waals surface area contributed by atoms with E-state index < -0.39 is 48.4 Å². The van der Waals surface area contributed by atoms with E-state index in [2.05, 4.69) is 433 Å². The quantitative estimate of drug-likeness (QED) is 0.141. The fourth-order valence-corrected chi connectivity index (χ4v) is 20.5. The van der Waals surface area contributed by atoms with Crippen LogP contribution in [0.25, 0.3) is 143 Å². The molecule has 3 aromatic heterocycles. The smallest absolute Gasteiger partial charge is 0.252 e. The zero-order chi connectivity index (χ0) is 96.8. The Kier molecular flexibility index (Phi) is 17.0. The lowest BCUT2D eigenvalue weighted by Gasteiger charge is -2.46. The van der Waals surface area contributed by atoms with Crippen molar-refractivity contribution in [3.63, 3.8) is 0 Å². The lowest BCUT2D eigenvalue weighted by atomic mass is 9.33. The third kappa shape index (κ3) is 13.8. The van der Waals surface area contributed by atoms with Crippen molar-refractivity contribution in [1.29, 1.82) is 0 Å². The van der Waals surface area contributed by atoms with Gasteiger partial charge in [-0.05, 0) is 221 Å². The van der Waals surface area contributed by atoms with Gasteiger partial charge >= 0.3 is 0 Å². The number of aromatic nitrogens is 2. The minimum absolute atomic E-state index is 0.000824. The normalized spacial score (nSPS) is 14.3. The van der Waals surface area contributed by atoms with Crippen LogP contribution < -0.4 is 26.2 Å². The Morgan fingerprint density at radius 1 is 0.233 bits per heavy atom. The van der Waals surface area contributed by atoms with E-state index in [1.165, 1.54) is 33.4 Å². The maximum Gasteiger partial charge on any atom is 0.252 e. The Balaban J connectivity index is 1.06. The second kappa shape index (κ2) is 29.7. The van der Waals surface area contributed by atoms with Crippen LogP contribution in [0.3, 0.4) is 0 Å². The lowest BCUT2D eigenvalue weighted by molar-refractivity contribution is 0.568. The lowest BCUT2D eigenvalue weighted by Crippen LogP contribution is -2.61. The summed E-state index contributed by atoms with van der Waals surface area (Å²) in [7, 11) is 0. The summed E-state index contributed by atoms with van der Waals surface area (Å²) in [6, 6.07) is 102. The first kappa shape index (κ1) is 73.8. The van der Waals surface area contributed by atoms with Gasteiger partial charge in [0.25, 0.3) is 6.71 Å². The number of rotatable bonds is 8. The third-order valence-electron chi connectivity index (χ3n) is 27.7. The number of benzene rings is 16. The standard InChI is InChI=1S/C124H117BN4/c1-118(2,3)82-57-55-76(56-58-82)79-65-112-114-113(66-79)129(117-100(78-41-26-23-27-42-78)70-88(124(19,20)21)72-102(117)81-63-85(121(10,11)12)68-86(64-81)122(13,14)15)111-75-109-103(93-46-31-29-44-91(93)90-43-28-30-45-92(90)97-50-38-51-98-96-49-34-37-54-108(96)127(109)115(97)98)74-105(111)125(114)104-60-59-89(126-106-52-35-32-47-94(106)95-48-33-36-53-107(95)126)73-110(104)128(112)116-99(77-39-24-22-25-40-77)69-87(123(16,17)18)71-101(116)80-61-83(119(4,5)6)67-84(62-80)120(7,8)9/h22-75H,1-21H3/i32D,33D,35D,36D,47D,48D,52D,53D. The molecule has 0 fully saturated rings. The molecule has 0 amide bonds. The van der Waals surface area contributed by atoms with Gasteiger partial charge in [0.2, 0.25) is 0 Å². The van der Waals surface area contributed by atoms with Gasteiger partial charge in [-0.15, -0.1) is 0 Å². The molecule has 636 valence electrons. The zero-order valence-corrected chi connectivity index (χ0v) is 78.4. The van der Waals surface area contributed by atoms with Crippen molar-refractivity contribution >= 4 is 139 Å². The molecule has 0 radical (unpaired) electrons. The molecule has 16 aromatic carbocycles. The Hall–Kier alpha value is -13.2. The molecule has 0 saturated carbocycles. The highest BCUT2D eigenvalue weighted by atomic mass is 15.2. The molecule has 4 nitrogen and oxygen atoms in total. The Morgan fingerprint density at radius 2 is 0.605 bits per heavy atom. The monoisotopic (exact) mass is 1680 g/mol. The molecule has 2 aliphatic rings. The molecule has 0 atom stereocenters. The van der Waals surface area contributed by atoms with Crippen molar-refractivity contribution in [2.45, 2.75) is 183 Å². The van der Waals surface area contributed by atoms with Gasteiger partial charge in [-0.3, -0.25) is 0 Å². The van der Waals surface area contributed by atoms with Gasteiger partial charge in [0.05, 0.1) is 49.9 Å². The van der Waals surface area contributed by atoms with Crippen LogP contribution in [0.5, 0.6) is 0 Å². The maximum atomic E-state index is 10.2. The zero-order valence-electron chi connectivity index (χ0n) is 86.4. The van der Waals surface area contributed by atoms with Gasteiger partial charge in [-0.25, -0.2) is 0 Å². The molecular formula is C124H117BN4. The van der Waals surface area contributed by atoms with Gasteiger partial charge < -0.3 is 18.8 Å². The first-order valence-corrected chi connectivity index (χ1v) is 46.0. The summed E-state index contributed by atoms with van der Waals surface area (Å²) in [4.78, 5) is 5.27. The number of hydrogen-bond donors (Lipinski definition) is 0. The highest BCUT2D eigenvalue weighted by Crippen LogP contribution is 2.58. The highest BCUT2D eigenvalue weighted by molar-refractivity contribution is 7.00. The third-order valence-corrected chi connectivity index (χ3v) is 27.7. The fraction of sp³-hybridized carbons (Fsp3) is 0.226. The summed E-state index contributed by atoms with van der Waals surface area (Å²) in [6.07, 6.45) is 0. The molecule has 19 aromatic rings. The summed E-state index contributed by atoms with van der Waals surface area (Å²) in [5, 5.41) is 8.75. The van der Waals surface area contributed by atoms with Crippen LogP contribution in [0.4, 0.5) is 34.1 Å². The minimum atomic E-state index is -0.661. The van der Waals surface area contributed by atoms with Crippen LogP contribution in [0.15, 0.2) is 327 Å². The van der Waals surface area contributed by atoms with Crippen LogP contribution >= 0.6 is 0 Å². The first-order valence-electron chi connectivity index (χ1n) is 50.0. The number of para-hydroxylation sites is 4. The van der Waals surface area contributed by atoms with Gasteiger partial charge in [-0.2, -0.15) is 0 Å². The highest BCUT2D eigenvalue weighted by Gasteiger charge is 2.47. The number of nitrogens with zero attached hydrogens (tertiary/aromatic N) is 4. The van der Waals surface area contributed by atoms with Crippen molar-refractivity contribution in [2.75, 3.05) is 9.80 Å². The second-order valence-electron chi connectivity index (χ2n) is 43.6. The van der Waals surface area contributed by atoms with Gasteiger partial charge in [-0.1, -0.05) is 400 Å². The molecule has 5 heteroatoms. The van der Waals surface area contributed by atoms with Crippen molar-refractivity contribution < 1.29 is 11.0 Å². The summed E-state index contributed by atoms with van der Waals surface area (Å²) < 4.78 is 82.7. The molecule has 21 rings (SSSR count). The SMILES string of the molecule is [2H]c1c([2H])c([2H])c2c(c1[2H])c1c([2H])c([2H])c([2H])c([2H])c1n2-c1ccc2c(c1)N(c1c(-c3ccccc3)cc(C(C)(C)C)cc1-c1cc(C(C)(C)C)cc(C(C)(C)C)c1)c1cc(-c3ccc(C(C)(C)C)cc3)cc3c1B2c1cc2c4ccccc4c4ccccc4c4cccc5c6ccccc6n(c2cc1N3c1c(-c2ccccc2)cc(C(C)(C)C)cc1-c1cc(C(C)(C)C)cc(C(C)(C)C)c1)c45. The molecule has 0 aliphatic carbocycles. The number of hydrogen-bond acceptors (Lipinski definition) is 2. The fourth-order valence-electron chi connectivity index (χ4n) is 20.5. The van der Waals surface area contributed by atoms with Crippen LogP contribution in [-0.2, 0) is 37.9 Å². The van der Waals surface area contributed by atoms with Gasteiger partial charge in [0.1, 0.15) is 0 Å². The van der Waals surface area contributed by atoms with Crippen LogP contribution in [-0.4, -0.2) is 15.7 Å². The molecule has 0 bridgehead atoms. The molecule has 0 unspecified atom stereocenters. The summed E-state index contributed by atoms with van der Waals surface area (Å²) >= 11 is 0. The van der Waals surface area contributed by atoms with Crippen molar-refractivity contribution in [3.8, 4) is 61.3 Å². The van der Waals surface area contributed by atoms with E-state index in [0.29, 0.717) is 5.69 Å². The number of fused-ring (bicyclic) bond motifs is 17. The average molecular weight is 1680 g/mol. The van der Waals surface area contributed by atoms with E-state index in [4.69, 9.17) is 0 Å². The van der Waals surface area contributed by atoms with Crippen LogP contribution in [0, 0.1) is 0 Å². The Bertz CT molecular complexity index is 8260. The number of anilines is 6. The van der Waals surface area contributed by atoms with E-state index in [9.17, 15) is 11.0 Å². The first-order chi connectivity index (χ1) is 64.7. The van der Waals surface area contributed by atoms with Crippen molar-refractivity contribution in [3.05, 3.63) is 366 Å². The summed E-state index contributed by atoms with van der Waals surface area (Å²) in [6.45, 7) is 48.0. The predicted molar refractivity (Wildman–Crippen MR) is 560 cm³/mol. The topological polar surface area (TPSA) is 15.8 Å². The van der Waals surface area contributed by atoms with E-state index in [-0.39, 0.29) is 66.4 Å². The molecule has 2 aliphatic heterocycles. The van der Waals surface area contributed by atoms with Gasteiger partial charge in [0.15, 0.2) is 0 Å². The van der Waals surface area contributed by atoms with Gasteiger partial charge in [0, 0.05) is 83.0 Å². The largest absolute Gasteiger partial charge is 0.310 e. The average Bonchev–Trinajstić information content (AvgIpc) is 1.42.